The van der Waals surface area contributed by atoms with E-state index in [0.29, 0.717) is 6.29 Å². The van der Waals surface area contributed by atoms with Crippen molar-refractivity contribution in [3.05, 3.63) is 53.6 Å². The van der Waals surface area contributed by atoms with Crippen LogP contribution in [-0.4, -0.2) is 22.5 Å². The van der Waals surface area contributed by atoms with Gasteiger partial charge in [-0.1, -0.05) is 18.2 Å². The Morgan fingerprint density at radius 1 is 1.00 bits per heavy atom. The lowest BCUT2D eigenvalue weighted by molar-refractivity contribution is 0.0696. The second kappa shape index (κ2) is 4.71. The number of aromatic carboxylic acids is 1. The van der Waals surface area contributed by atoms with E-state index in [4.69, 9.17) is 5.11 Å². The van der Waals surface area contributed by atoms with E-state index in [-0.39, 0.29) is 16.9 Å². The van der Waals surface area contributed by atoms with Gasteiger partial charge in [-0.05, 0) is 35.4 Å². The molecule has 2 N–H and O–H groups in total. The van der Waals surface area contributed by atoms with Gasteiger partial charge in [0.25, 0.3) is 0 Å². The molecule has 0 atom stereocenters. The van der Waals surface area contributed by atoms with Crippen LogP contribution in [-0.2, 0) is 0 Å². The van der Waals surface area contributed by atoms with Gasteiger partial charge in [0.15, 0.2) is 6.29 Å². The summed E-state index contributed by atoms with van der Waals surface area (Å²) in [4.78, 5) is 21.3. The molecule has 0 radical (unpaired) electrons. The Kier molecular flexibility index (Phi) is 3.10. The monoisotopic (exact) mass is 242 g/mol. The fourth-order valence-electron chi connectivity index (χ4n) is 1.63. The average molecular weight is 242 g/mol. The topological polar surface area (TPSA) is 74.6 Å². The maximum atomic E-state index is 10.7. The Hall–Kier alpha value is -2.62. The third kappa shape index (κ3) is 2.22. The summed E-state index contributed by atoms with van der Waals surface area (Å²) in [7, 11) is 0. The molecule has 2 rings (SSSR count). The van der Waals surface area contributed by atoms with Crippen molar-refractivity contribution in [2.75, 3.05) is 0 Å². The standard InChI is InChI=1S/C14H10O4/c15-8-12-6-5-11(7-13(12)16)9-1-3-10(4-2-9)14(17)18/h1-8,16H,(H,17,18). The number of phenolic OH excluding ortho intramolecular Hbond substituents is 1. The van der Waals surface area contributed by atoms with E-state index in [1.165, 1.54) is 24.3 Å². The highest BCUT2D eigenvalue weighted by atomic mass is 16.4. The lowest BCUT2D eigenvalue weighted by Crippen LogP contribution is -1.95. The van der Waals surface area contributed by atoms with Crippen LogP contribution in [0, 0.1) is 0 Å². The van der Waals surface area contributed by atoms with Crippen molar-refractivity contribution in [1.82, 2.24) is 0 Å². The first kappa shape index (κ1) is 11.9. The zero-order chi connectivity index (χ0) is 13.1. The Bertz CT molecular complexity index is 600. The van der Waals surface area contributed by atoms with Crippen LogP contribution in [0.5, 0.6) is 5.75 Å². The van der Waals surface area contributed by atoms with E-state index in [1.54, 1.807) is 18.2 Å². The van der Waals surface area contributed by atoms with Gasteiger partial charge in [0.05, 0.1) is 11.1 Å². The first-order chi connectivity index (χ1) is 8.61. The number of carbonyl (C=O) groups is 2. The molecule has 2 aromatic carbocycles. The Balaban J connectivity index is 2.39. The molecule has 0 aromatic heterocycles. The molecule has 2 aromatic rings. The van der Waals surface area contributed by atoms with Gasteiger partial charge in [0.1, 0.15) is 5.75 Å². The van der Waals surface area contributed by atoms with E-state index >= 15 is 0 Å². The summed E-state index contributed by atoms with van der Waals surface area (Å²) in [5.74, 6) is -1.08. The average Bonchev–Trinajstić information content (AvgIpc) is 2.38. The number of rotatable bonds is 3. The lowest BCUT2D eigenvalue weighted by atomic mass is 10.0. The van der Waals surface area contributed by atoms with Crippen molar-refractivity contribution in [3.8, 4) is 16.9 Å². The van der Waals surface area contributed by atoms with Gasteiger partial charge in [-0.2, -0.15) is 0 Å². The van der Waals surface area contributed by atoms with Crippen LogP contribution in [0.25, 0.3) is 11.1 Å². The summed E-state index contributed by atoms with van der Waals surface area (Å²) >= 11 is 0. The SMILES string of the molecule is O=Cc1ccc(-c2ccc(C(=O)O)cc2)cc1O. The van der Waals surface area contributed by atoms with Crippen molar-refractivity contribution in [3.63, 3.8) is 0 Å². The van der Waals surface area contributed by atoms with Gasteiger partial charge in [-0.25, -0.2) is 4.79 Å². The van der Waals surface area contributed by atoms with Crippen LogP contribution < -0.4 is 0 Å². The van der Waals surface area contributed by atoms with Gasteiger partial charge in [-0.3, -0.25) is 4.79 Å². The fraction of sp³-hybridized carbons (Fsp3) is 0. The Morgan fingerprint density at radius 2 is 1.61 bits per heavy atom. The summed E-state index contributed by atoms with van der Waals surface area (Å²) in [5.41, 5.74) is 1.91. The number of carboxylic acid groups (broad SMARTS) is 1. The molecule has 0 spiro atoms. The van der Waals surface area contributed by atoms with Crippen LogP contribution in [0.2, 0.25) is 0 Å². The number of phenols is 1. The molecule has 90 valence electrons. The van der Waals surface area contributed by atoms with Crippen LogP contribution in [0.3, 0.4) is 0 Å². The van der Waals surface area contributed by atoms with Crippen molar-refractivity contribution < 1.29 is 19.8 Å². The predicted molar refractivity (Wildman–Crippen MR) is 65.9 cm³/mol. The van der Waals surface area contributed by atoms with Crippen LogP contribution in [0.15, 0.2) is 42.5 Å². The van der Waals surface area contributed by atoms with E-state index in [0.717, 1.165) is 11.1 Å². The van der Waals surface area contributed by atoms with Gasteiger partial charge in [0, 0.05) is 0 Å². The number of carbonyl (C=O) groups excluding carboxylic acids is 1. The van der Waals surface area contributed by atoms with Gasteiger partial charge in [-0.15, -0.1) is 0 Å². The largest absolute Gasteiger partial charge is 0.507 e. The quantitative estimate of drug-likeness (QED) is 0.811. The zero-order valence-electron chi connectivity index (χ0n) is 9.33. The molecular formula is C14H10O4. The third-order valence-corrected chi connectivity index (χ3v) is 2.62. The number of aromatic hydroxyl groups is 1. The maximum absolute atomic E-state index is 10.7. The number of hydrogen-bond acceptors (Lipinski definition) is 3. The van der Waals surface area contributed by atoms with E-state index in [2.05, 4.69) is 0 Å². The molecule has 4 nitrogen and oxygen atoms in total. The third-order valence-electron chi connectivity index (χ3n) is 2.62. The fourth-order valence-corrected chi connectivity index (χ4v) is 1.63. The van der Waals surface area contributed by atoms with Crippen LogP contribution >= 0.6 is 0 Å². The maximum Gasteiger partial charge on any atom is 0.335 e. The second-order valence-corrected chi connectivity index (χ2v) is 3.77. The molecule has 0 fully saturated rings. The molecule has 0 aliphatic heterocycles. The van der Waals surface area contributed by atoms with E-state index in [1.807, 2.05) is 0 Å². The molecule has 4 heteroatoms. The van der Waals surface area contributed by atoms with Crippen molar-refractivity contribution >= 4 is 12.3 Å². The molecule has 0 unspecified atom stereocenters. The minimum absolute atomic E-state index is 0.0928. The molecule has 0 aliphatic carbocycles. The van der Waals surface area contributed by atoms with Crippen LogP contribution in [0.4, 0.5) is 0 Å². The first-order valence-electron chi connectivity index (χ1n) is 5.24. The second-order valence-electron chi connectivity index (χ2n) is 3.77. The highest BCUT2D eigenvalue weighted by molar-refractivity contribution is 5.88. The highest BCUT2D eigenvalue weighted by Crippen LogP contribution is 2.25. The van der Waals surface area contributed by atoms with Gasteiger partial charge < -0.3 is 10.2 Å². The summed E-state index contributed by atoms with van der Waals surface area (Å²) in [6.07, 6.45) is 0.576. The molecule has 0 saturated carbocycles. The summed E-state index contributed by atoms with van der Waals surface area (Å²) in [5, 5.41) is 18.3. The summed E-state index contributed by atoms with van der Waals surface area (Å²) in [6.45, 7) is 0. The highest BCUT2D eigenvalue weighted by Gasteiger charge is 2.05. The normalized spacial score (nSPS) is 10.0. The summed E-state index contributed by atoms with van der Waals surface area (Å²) < 4.78 is 0. The van der Waals surface area contributed by atoms with E-state index < -0.39 is 5.97 Å². The first-order valence-corrected chi connectivity index (χ1v) is 5.24. The molecular weight excluding hydrogens is 232 g/mol. The minimum Gasteiger partial charge on any atom is -0.507 e. The molecule has 0 amide bonds. The molecule has 0 heterocycles. The minimum atomic E-state index is -0.985. The molecule has 0 saturated heterocycles. The zero-order valence-corrected chi connectivity index (χ0v) is 9.33. The molecule has 0 bridgehead atoms. The van der Waals surface area contributed by atoms with Crippen molar-refractivity contribution in [2.24, 2.45) is 0 Å². The predicted octanol–water partition coefficient (Wildman–Crippen LogP) is 2.57. The van der Waals surface area contributed by atoms with Gasteiger partial charge in [0.2, 0.25) is 0 Å². The molecule has 0 aliphatic rings. The van der Waals surface area contributed by atoms with Crippen LogP contribution in [0.1, 0.15) is 20.7 Å². The lowest BCUT2D eigenvalue weighted by Gasteiger charge is -2.04. The van der Waals surface area contributed by atoms with E-state index in [9.17, 15) is 14.7 Å². The number of benzene rings is 2. The number of aldehydes is 1. The Labute approximate surface area is 103 Å². The van der Waals surface area contributed by atoms with Crippen molar-refractivity contribution in [1.29, 1.82) is 0 Å². The number of hydrogen-bond donors (Lipinski definition) is 2. The number of carboxylic acids is 1. The molecule has 18 heavy (non-hydrogen) atoms. The Morgan fingerprint density at radius 3 is 2.11 bits per heavy atom. The van der Waals surface area contributed by atoms with Gasteiger partial charge >= 0.3 is 5.97 Å². The van der Waals surface area contributed by atoms with Crippen molar-refractivity contribution in [2.45, 2.75) is 0 Å². The smallest absolute Gasteiger partial charge is 0.335 e. The summed E-state index contributed by atoms with van der Waals surface area (Å²) in [6, 6.07) is 11.0.